The lowest BCUT2D eigenvalue weighted by molar-refractivity contribution is -0.132. The van der Waals surface area contributed by atoms with Crippen LogP contribution >= 0.6 is 0 Å². The quantitative estimate of drug-likeness (QED) is 0.697. The first-order valence-electron chi connectivity index (χ1n) is 11.1. The second-order valence-electron chi connectivity index (χ2n) is 8.57. The summed E-state index contributed by atoms with van der Waals surface area (Å²) in [4.78, 5) is 38.3. The molecule has 8 nitrogen and oxygen atoms in total. The summed E-state index contributed by atoms with van der Waals surface area (Å²) in [6.45, 7) is 2.51. The largest absolute Gasteiger partial charge is 0.486 e. The number of Topliss-reactive ketones (excluding diaryl/α,β-unsaturated/α-hetero) is 1. The van der Waals surface area contributed by atoms with E-state index in [0.29, 0.717) is 43.0 Å². The van der Waals surface area contributed by atoms with Crippen LogP contribution in [0.5, 0.6) is 11.5 Å². The lowest BCUT2D eigenvalue weighted by Gasteiger charge is -2.43. The Balaban J connectivity index is 1.33. The molecule has 0 unspecified atom stereocenters. The normalized spacial score (nSPS) is 17.6. The standard InChI is InChI=1S/C25H28N2O6/c1-17(28)27-11-9-25(10-12-27)14-21(29)20-8-7-19(13-23(20)33-25)32-16-24(31)26-15-22(30)18-5-3-2-4-6-18/h2-8,13,22,30H,9-12,14-16H2,1H3,(H,26,31)/t22-/m0/s1. The minimum Gasteiger partial charge on any atom is -0.486 e. The molecule has 2 aliphatic rings. The third-order valence-electron chi connectivity index (χ3n) is 6.23. The molecule has 0 radical (unpaired) electrons. The first-order chi connectivity index (χ1) is 15.8. The number of nitrogens with one attached hydrogen (secondary N) is 1. The van der Waals surface area contributed by atoms with Gasteiger partial charge < -0.3 is 24.8 Å². The Hall–Kier alpha value is -3.39. The van der Waals surface area contributed by atoms with Crippen LogP contribution < -0.4 is 14.8 Å². The third-order valence-corrected chi connectivity index (χ3v) is 6.23. The molecule has 1 spiro atoms. The summed E-state index contributed by atoms with van der Waals surface area (Å²) >= 11 is 0. The zero-order valence-corrected chi connectivity index (χ0v) is 18.6. The fraction of sp³-hybridized carbons (Fsp3) is 0.400. The van der Waals surface area contributed by atoms with Crippen molar-refractivity contribution in [3.63, 3.8) is 0 Å². The monoisotopic (exact) mass is 452 g/mol. The lowest BCUT2D eigenvalue weighted by Crippen LogP contribution is -2.51. The Morgan fingerprint density at radius 2 is 1.91 bits per heavy atom. The summed E-state index contributed by atoms with van der Waals surface area (Å²) in [7, 11) is 0. The van der Waals surface area contributed by atoms with E-state index < -0.39 is 11.7 Å². The third kappa shape index (κ3) is 5.34. The second kappa shape index (κ2) is 9.62. The summed E-state index contributed by atoms with van der Waals surface area (Å²) in [6, 6.07) is 14.0. The molecule has 2 aromatic carbocycles. The Morgan fingerprint density at radius 3 is 2.61 bits per heavy atom. The molecule has 2 N–H and O–H groups in total. The topological polar surface area (TPSA) is 105 Å². The van der Waals surface area contributed by atoms with Crippen LogP contribution in [0.25, 0.3) is 0 Å². The predicted octanol–water partition coefficient (Wildman–Crippen LogP) is 2.26. The van der Waals surface area contributed by atoms with Crippen molar-refractivity contribution in [3.8, 4) is 11.5 Å². The molecule has 1 fully saturated rings. The van der Waals surface area contributed by atoms with Gasteiger partial charge in [0.1, 0.15) is 17.1 Å². The van der Waals surface area contributed by atoms with Crippen molar-refractivity contribution in [1.29, 1.82) is 0 Å². The molecule has 8 heteroatoms. The maximum Gasteiger partial charge on any atom is 0.258 e. The fourth-order valence-electron chi connectivity index (χ4n) is 4.28. The minimum absolute atomic E-state index is 0.00622. The van der Waals surface area contributed by atoms with Crippen molar-refractivity contribution in [2.45, 2.75) is 37.9 Å². The van der Waals surface area contributed by atoms with Crippen LogP contribution in [0.15, 0.2) is 48.5 Å². The van der Waals surface area contributed by atoms with Crippen LogP contribution in [-0.4, -0.2) is 59.4 Å². The van der Waals surface area contributed by atoms with Crippen molar-refractivity contribution in [2.75, 3.05) is 26.2 Å². The summed E-state index contributed by atoms with van der Waals surface area (Å²) in [6.07, 6.45) is 0.672. The average molecular weight is 453 g/mol. The molecule has 0 aromatic heterocycles. The molecular formula is C25H28N2O6. The number of benzene rings is 2. The smallest absolute Gasteiger partial charge is 0.258 e. The summed E-state index contributed by atoms with van der Waals surface area (Å²) in [5.74, 6) is 0.524. The Bertz CT molecular complexity index is 1030. The van der Waals surface area contributed by atoms with Gasteiger partial charge in [-0.3, -0.25) is 14.4 Å². The van der Waals surface area contributed by atoms with Crippen LogP contribution in [0.1, 0.15) is 48.2 Å². The number of fused-ring (bicyclic) bond motifs is 1. The molecule has 174 valence electrons. The number of aliphatic hydroxyl groups excluding tert-OH is 1. The molecule has 0 saturated carbocycles. The van der Waals surface area contributed by atoms with E-state index in [2.05, 4.69) is 5.32 Å². The Kier molecular flexibility index (Phi) is 6.65. The summed E-state index contributed by atoms with van der Waals surface area (Å²) in [5, 5.41) is 12.8. The molecule has 2 amide bonds. The zero-order valence-electron chi connectivity index (χ0n) is 18.6. The first kappa shape index (κ1) is 22.8. The average Bonchev–Trinajstić information content (AvgIpc) is 2.81. The number of ether oxygens (including phenoxy) is 2. The van der Waals surface area contributed by atoms with Crippen LogP contribution in [0, 0.1) is 0 Å². The SMILES string of the molecule is CC(=O)N1CCC2(CC1)CC(=O)c1ccc(OCC(=O)NC[C@H](O)c3ccccc3)cc1O2. The second-order valence-corrected chi connectivity index (χ2v) is 8.57. The number of hydrogen-bond acceptors (Lipinski definition) is 6. The van der Waals surface area contributed by atoms with Crippen LogP contribution in [0.4, 0.5) is 0 Å². The van der Waals surface area contributed by atoms with E-state index in [9.17, 15) is 19.5 Å². The van der Waals surface area contributed by atoms with E-state index in [0.717, 1.165) is 5.56 Å². The van der Waals surface area contributed by atoms with Gasteiger partial charge in [0.25, 0.3) is 5.91 Å². The summed E-state index contributed by atoms with van der Waals surface area (Å²) in [5.41, 5.74) is 0.607. The molecule has 2 heterocycles. The van der Waals surface area contributed by atoms with Gasteiger partial charge in [-0.1, -0.05) is 30.3 Å². The minimum atomic E-state index is -0.802. The van der Waals surface area contributed by atoms with Crippen LogP contribution in [0.2, 0.25) is 0 Å². The first-order valence-corrected chi connectivity index (χ1v) is 11.1. The molecule has 4 rings (SSSR count). The highest BCUT2D eigenvalue weighted by molar-refractivity contribution is 6.00. The van der Waals surface area contributed by atoms with E-state index in [4.69, 9.17) is 9.47 Å². The molecule has 0 aliphatic carbocycles. The molecule has 1 saturated heterocycles. The van der Waals surface area contributed by atoms with Gasteiger partial charge in [0.2, 0.25) is 5.91 Å². The van der Waals surface area contributed by atoms with E-state index in [-0.39, 0.29) is 37.2 Å². The maximum atomic E-state index is 12.7. The number of piperidine rings is 1. The van der Waals surface area contributed by atoms with E-state index in [1.165, 1.54) is 0 Å². The molecular weight excluding hydrogens is 424 g/mol. The van der Waals surface area contributed by atoms with Gasteiger partial charge in [-0.05, 0) is 17.7 Å². The molecule has 2 aromatic rings. The highest BCUT2D eigenvalue weighted by Gasteiger charge is 2.43. The number of likely N-dealkylation sites (tertiary alicyclic amines) is 1. The van der Waals surface area contributed by atoms with Crippen molar-refractivity contribution in [1.82, 2.24) is 10.2 Å². The van der Waals surface area contributed by atoms with Gasteiger partial charge in [0, 0.05) is 45.5 Å². The number of carbonyl (C=O) groups is 3. The highest BCUT2D eigenvalue weighted by Crippen LogP contribution is 2.40. The maximum absolute atomic E-state index is 12.7. The van der Waals surface area contributed by atoms with Crippen molar-refractivity contribution >= 4 is 17.6 Å². The highest BCUT2D eigenvalue weighted by atomic mass is 16.5. The van der Waals surface area contributed by atoms with Gasteiger partial charge in [-0.2, -0.15) is 0 Å². The van der Waals surface area contributed by atoms with E-state index >= 15 is 0 Å². The van der Waals surface area contributed by atoms with Gasteiger partial charge in [0.05, 0.1) is 18.1 Å². The molecule has 1 atom stereocenters. The lowest BCUT2D eigenvalue weighted by atomic mass is 9.82. The Labute approximate surface area is 192 Å². The van der Waals surface area contributed by atoms with E-state index in [1.807, 2.05) is 18.2 Å². The fourth-order valence-corrected chi connectivity index (χ4v) is 4.28. The van der Waals surface area contributed by atoms with Gasteiger partial charge in [-0.15, -0.1) is 0 Å². The van der Waals surface area contributed by atoms with Gasteiger partial charge >= 0.3 is 0 Å². The number of rotatable bonds is 6. The van der Waals surface area contributed by atoms with Crippen molar-refractivity contribution < 1.29 is 29.0 Å². The van der Waals surface area contributed by atoms with Crippen LogP contribution in [-0.2, 0) is 9.59 Å². The van der Waals surface area contributed by atoms with Gasteiger partial charge in [-0.25, -0.2) is 0 Å². The van der Waals surface area contributed by atoms with E-state index in [1.54, 1.807) is 42.2 Å². The number of carbonyl (C=O) groups excluding carboxylic acids is 3. The molecule has 0 bridgehead atoms. The zero-order chi connectivity index (χ0) is 23.4. The molecule has 33 heavy (non-hydrogen) atoms. The number of hydrogen-bond donors (Lipinski definition) is 2. The van der Waals surface area contributed by atoms with Gasteiger partial charge in [0.15, 0.2) is 12.4 Å². The van der Waals surface area contributed by atoms with Crippen LogP contribution in [0.3, 0.4) is 0 Å². The Morgan fingerprint density at radius 1 is 1.18 bits per heavy atom. The van der Waals surface area contributed by atoms with Crippen molar-refractivity contribution in [3.05, 3.63) is 59.7 Å². The number of amides is 2. The summed E-state index contributed by atoms with van der Waals surface area (Å²) < 4.78 is 11.9. The molecule has 2 aliphatic heterocycles. The number of aliphatic hydroxyl groups is 1. The predicted molar refractivity (Wildman–Crippen MR) is 120 cm³/mol. The number of ketones is 1. The number of nitrogens with zero attached hydrogens (tertiary/aromatic N) is 1. The van der Waals surface area contributed by atoms with Crippen molar-refractivity contribution in [2.24, 2.45) is 0 Å².